The second-order valence-electron chi connectivity index (χ2n) is 9.82. The van der Waals surface area contributed by atoms with Crippen molar-refractivity contribution < 1.29 is 9.90 Å². The fourth-order valence-corrected chi connectivity index (χ4v) is 9.00. The van der Waals surface area contributed by atoms with Crippen LogP contribution >= 0.6 is 0 Å². The van der Waals surface area contributed by atoms with Gasteiger partial charge < -0.3 is 9.90 Å². The van der Waals surface area contributed by atoms with Gasteiger partial charge in [0.15, 0.2) is 0 Å². The Balaban J connectivity index is 1.46. The van der Waals surface area contributed by atoms with Gasteiger partial charge in [0.25, 0.3) is 8.32 Å². The number of aryl methyl sites for hydroxylation is 1. The lowest BCUT2D eigenvalue weighted by atomic mass is 9.97. The minimum atomic E-state index is -2.95. The molecule has 3 nitrogen and oxygen atoms in total. The molecule has 0 aliphatic rings. The SMILES string of the molecule is CC(C)(CCCCCc1c(CO)ncc2ccccc12)[Si](O)(c1ccccc1)c1ccccc1. The standard InChI is InChI=1S/C30H35NO2Si/c1-30(2,34(33,25-15-6-3-7-16-25)26-17-8-4-9-18-26)21-13-5-10-20-28-27-19-12-11-14-24(27)22-31-29(28)23-32/h3-4,6-9,11-12,14-19,22,32-33H,5,10,13,20-21,23H2,1-2H3. The first-order valence-electron chi connectivity index (χ1n) is 12.3. The number of rotatable bonds is 10. The third-order valence-electron chi connectivity index (χ3n) is 7.23. The first kappa shape index (κ1) is 24.3. The van der Waals surface area contributed by atoms with Crippen molar-refractivity contribution in [3.05, 3.63) is 102 Å². The summed E-state index contributed by atoms with van der Waals surface area (Å²) < 4.78 is 0. The van der Waals surface area contributed by atoms with Crippen LogP contribution in [0.2, 0.25) is 5.04 Å². The van der Waals surface area contributed by atoms with Crippen molar-refractivity contribution in [3.63, 3.8) is 0 Å². The first-order valence-corrected chi connectivity index (χ1v) is 14.2. The Bertz CT molecular complexity index is 1170. The molecule has 0 fully saturated rings. The van der Waals surface area contributed by atoms with Crippen molar-refractivity contribution in [1.29, 1.82) is 0 Å². The number of unbranched alkanes of at least 4 members (excludes halogenated alkanes) is 2. The molecule has 0 atom stereocenters. The summed E-state index contributed by atoms with van der Waals surface area (Å²) in [5, 5.41) is 14.0. The van der Waals surface area contributed by atoms with E-state index < -0.39 is 8.32 Å². The largest absolute Gasteiger partial charge is 0.424 e. The van der Waals surface area contributed by atoms with Crippen molar-refractivity contribution in [2.75, 3.05) is 0 Å². The molecular weight excluding hydrogens is 434 g/mol. The van der Waals surface area contributed by atoms with Crippen LogP contribution in [-0.4, -0.2) is 23.2 Å². The maximum atomic E-state index is 12.3. The predicted octanol–water partition coefficient (Wildman–Crippen LogP) is 5.36. The van der Waals surface area contributed by atoms with Gasteiger partial charge in [-0.15, -0.1) is 0 Å². The molecule has 0 saturated heterocycles. The highest BCUT2D eigenvalue weighted by atomic mass is 28.4. The van der Waals surface area contributed by atoms with Crippen LogP contribution in [-0.2, 0) is 13.0 Å². The van der Waals surface area contributed by atoms with E-state index in [2.05, 4.69) is 55.2 Å². The monoisotopic (exact) mass is 469 g/mol. The Hall–Kier alpha value is -2.79. The van der Waals surface area contributed by atoms with Gasteiger partial charge in [0, 0.05) is 11.6 Å². The zero-order valence-electron chi connectivity index (χ0n) is 20.2. The molecule has 0 aliphatic carbocycles. The van der Waals surface area contributed by atoms with E-state index in [1.165, 1.54) is 10.9 Å². The van der Waals surface area contributed by atoms with E-state index in [1.54, 1.807) is 0 Å². The Labute approximate surface area is 204 Å². The van der Waals surface area contributed by atoms with E-state index in [9.17, 15) is 9.90 Å². The molecule has 34 heavy (non-hydrogen) atoms. The quantitative estimate of drug-likeness (QED) is 0.243. The molecule has 176 valence electrons. The van der Waals surface area contributed by atoms with Crippen LogP contribution in [0.5, 0.6) is 0 Å². The molecule has 3 aromatic carbocycles. The van der Waals surface area contributed by atoms with Gasteiger partial charge in [0.2, 0.25) is 0 Å². The average Bonchev–Trinajstić information content (AvgIpc) is 2.88. The van der Waals surface area contributed by atoms with E-state index in [4.69, 9.17) is 0 Å². The summed E-state index contributed by atoms with van der Waals surface area (Å²) in [6.07, 6.45) is 6.88. The molecule has 2 N–H and O–H groups in total. The molecule has 4 aromatic rings. The van der Waals surface area contributed by atoms with Gasteiger partial charge in [-0.1, -0.05) is 112 Å². The average molecular weight is 470 g/mol. The Morgan fingerprint density at radius 1 is 0.765 bits per heavy atom. The summed E-state index contributed by atoms with van der Waals surface area (Å²) in [5.74, 6) is 0. The molecule has 0 radical (unpaired) electrons. The van der Waals surface area contributed by atoms with E-state index in [1.807, 2.05) is 54.7 Å². The second-order valence-corrected chi connectivity index (χ2v) is 13.7. The topological polar surface area (TPSA) is 53.4 Å². The lowest BCUT2D eigenvalue weighted by Crippen LogP contribution is -2.65. The molecule has 0 amide bonds. The van der Waals surface area contributed by atoms with Crippen LogP contribution < -0.4 is 10.4 Å². The minimum absolute atomic E-state index is 0.0278. The fraction of sp³-hybridized carbons (Fsp3) is 0.300. The van der Waals surface area contributed by atoms with Gasteiger partial charge in [0.1, 0.15) is 0 Å². The summed E-state index contributed by atoms with van der Waals surface area (Å²) in [4.78, 5) is 16.8. The summed E-state index contributed by atoms with van der Waals surface area (Å²) in [7, 11) is -2.95. The van der Waals surface area contributed by atoms with E-state index in [0.29, 0.717) is 0 Å². The van der Waals surface area contributed by atoms with Crippen molar-refractivity contribution in [1.82, 2.24) is 4.98 Å². The van der Waals surface area contributed by atoms with Crippen molar-refractivity contribution in [3.8, 4) is 0 Å². The maximum Gasteiger partial charge on any atom is 0.258 e. The third-order valence-corrected chi connectivity index (χ3v) is 11.8. The molecular formula is C30H35NO2Si. The fourth-order valence-electron chi connectivity index (χ4n) is 5.21. The van der Waals surface area contributed by atoms with Crippen LogP contribution in [0.4, 0.5) is 0 Å². The lowest BCUT2D eigenvalue weighted by molar-refractivity contribution is 0.275. The van der Waals surface area contributed by atoms with Crippen LogP contribution in [0, 0.1) is 0 Å². The molecule has 0 aliphatic heterocycles. The van der Waals surface area contributed by atoms with Gasteiger partial charge in [-0.2, -0.15) is 0 Å². The maximum absolute atomic E-state index is 12.3. The second kappa shape index (κ2) is 10.6. The number of benzene rings is 3. The Morgan fingerprint density at radius 3 is 1.97 bits per heavy atom. The highest BCUT2D eigenvalue weighted by molar-refractivity contribution is 6.98. The number of aliphatic hydroxyl groups excluding tert-OH is 1. The van der Waals surface area contributed by atoms with Gasteiger partial charge in [-0.05, 0) is 45.6 Å². The first-order chi connectivity index (χ1) is 16.5. The molecule has 4 heteroatoms. The summed E-state index contributed by atoms with van der Waals surface area (Å²) >= 11 is 0. The Kier molecular flexibility index (Phi) is 7.62. The van der Waals surface area contributed by atoms with Crippen molar-refractivity contribution >= 4 is 29.5 Å². The smallest absolute Gasteiger partial charge is 0.258 e. The molecule has 0 spiro atoms. The third kappa shape index (κ3) is 4.85. The lowest BCUT2D eigenvalue weighted by Gasteiger charge is -2.41. The number of hydrogen-bond acceptors (Lipinski definition) is 3. The van der Waals surface area contributed by atoms with Gasteiger partial charge in [-0.25, -0.2) is 0 Å². The number of aromatic nitrogens is 1. The number of nitrogens with zero attached hydrogens (tertiary/aromatic N) is 1. The minimum Gasteiger partial charge on any atom is -0.424 e. The highest BCUT2D eigenvalue weighted by Gasteiger charge is 2.49. The normalized spacial score (nSPS) is 12.2. The number of fused-ring (bicyclic) bond motifs is 1. The molecule has 1 aromatic heterocycles. The molecule has 0 bridgehead atoms. The predicted molar refractivity (Wildman–Crippen MR) is 144 cm³/mol. The number of aliphatic hydroxyl groups is 1. The molecule has 0 unspecified atom stereocenters. The van der Waals surface area contributed by atoms with Crippen LogP contribution in [0.15, 0.2) is 91.1 Å². The zero-order chi connectivity index (χ0) is 24.0. The van der Waals surface area contributed by atoms with Crippen LogP contribution in [0.3, 0.4) is 0 Å². The number of hydrogen-bond donors (Lipinski definition) is 2. The molecule has 0 saturated carbocycles. The van der Waals surface area contributed by atoms with Crippen molar-refractivity contribution in [2.24, 2.45) is 0 Å². The van der Waals surface area contributed by atoms with Gasteiger partial charge in [0.05, 0.1) is 12.3 Å². The summed E-state index contributed by atoms with van der Waals surface area (Å²) in [6.45, 7) is 4.44. The highest BCUT2D eigenvalue weighted by Crippen LogP contribution is 2.40. The molecule has 1 heterocycles. The molecule has 4 rings (SSSR count). The van der Waals surface area contributed by atoms with Gasteiger partial charge in [-0.3, -0.25) is 4.98 Å². The zero-order valence-corrected chi connectivity index (χ0v) is 21.2. The van der Waals surface area contributed by atoms with E-state index in [0.717, 1.165) is 53.6 Å². The summed E-state index contributed by atoms with van der Waals surface area (Å²) in [5.41, 5.74) is 1.95. The number of pyridine rings is 1. The Morgan fingerprint density at radius 2 is 1.35 bits per heavy atom. The van der Waals surface area contributed by atoms with Gasteiger partial charge >= 0.3 is 0 Å². The van der Waals surface area contributed by atoms with Crippen LogP contribution in [0.1, 0.15) is 50.8 Å². The summed E-state index contributed by atoms with van der Waals surface area (Å²) in [6, 6.07) is 28.8. The van der Waals surface area contributed by atoms with E-state index in [-0.39, 0.29) is 11.6 Å². The van der Waals surface area contributed by atoms with Crippen molar-refractivity contribution in [2.45, 2.75) is 57.6 Å². The van der Waals surface area contributed by atoms with E-state index >= 15 is 0 Å². The van der Waals surface area contributed by atoms with Crippen LogP contribution in [0.25, 0.3) is 10.8 Å².